The van der Waals surface area contributed by atoms with Crippen LogP contribution in [0.4, 0.5) is 9.59 Å². The lowest BCUT2D eigenvalue weighted by Crippen LogP contribution is -2.48. The van der Waals surface area contributed by atoms with Crippen molar-refractivity contribution in [2.24, 2.45) is 5.92 Å². The van der Waals surface area contributed by atoms with Crippen LogP contribution in [-0.2, 0) is 4.74 Å². The summed E-state index contributed by atoms with van der Waals surface area (Å²) >= 11 is 0. The highest BCUT2D eigenvalue weighted by molar-refractivity contribution is 5.68. The number of carbonyl (C=O) groups excluding carboxylic acids is 1. The summed E-state index contributed by atoms with van der Waals surface area (Å²) in [4.78, 5) is 24.2. The molecule has 2 N–H and O–H groups in total. The summed E-state index contributed by atoms with van der Waals surface area (Å²) in [5.74, 6) is 0.422. The summed E-state index contributed by atoms with van der Waals surface area (Å²) in [5.41, 5.74) is -0.870. The largest absolute Gasteiger partial charge is 0.465 e. The second-order valence-electron chi connectivity index (χ2n) is 7.43. The quantitative estimate of drug-likeness (QED) is 0.839. The van der Waals surface area contributed by atoms with Crippen LogP contribution in [0.15, 0.2) is 0 Å². The van der Waals surface area contributed by atoms with Gasteiger partial charge in [-0.25, -0.2) is 9.59 Å². The zero-order valence-corrected chi connectivity index (χ0v) is 13.7. The first kappa shape index (κ1) is 17.6. The zero-order valence-electron chi connectivity index (χ0n) is 13.7. The van der Waals surface area contributed by atoms with Crippen LogP contribution in [0.1, 0.15) is 53.9 Å². The van der Waals surface area contributed by atoms with Crippen molar-refractivity contribution in [3.8, 4) is 0 Å². The number of hydrogen-bond donors (Lipinski definition) is 2. The van der Waals surface area contributed by atoms with Gasteiger partial charge in [-0.2, -0.15) is 0 Å². The van der Waals surface area contributed by atoms with Gasteiger partial charge in [0.15, 0.2) is 0 Å². The number of amides is 2. The lowest BCUT2D eigenvalue weighted by molar-refractivity contribution is 0.0451. The molecule has 0 atom stereocenters. The standard InChI is InChI=1S/C15H28N2O4/c1-14(2,3)21-12(18)16-15(4,5)10-11-6-8-17(9-7-11)13(19)20/h11H,6-10H2,1-5H3,(H,16,18)(H,19,20). The lowest BCUT2D eigenvalue weighted by Gasteiger charge is -2.36. The maximum Gasteiger partial charge on any atom is 0.408 e. The third kappa shape index (κ3) is 6.69. The van der Waals surface area contributed by atoms with Crippen molar-refractivity contribution in [1.82, 2.24) is 10.2 Å². The molecule has 0 saturated carbocycles. The maximum atomic E-state index is 11.8. The average molecular weight is 300 g/mol. The van der Waals surface area contributed by atoms with E-state index in [0.717, 1.165) is 19.3 Å². The number of nitrogens with one attached hydrogen (secondary N) is 1. The molecule has 0 aromatic heterocycles. The maximum absolute atomic E-state index is 11.8. The van der Waals surface area contributed by atoms with E-state index in [9.17, 15) is 9.59 Å². The molecule has 0 radical (unpaired) electrons. The van der Waals surface area contributed by atoms with E-state index >= 15 is 0 Å². The number of rotatable bonds is 3. The molecule has 0 aliphatic carbocycles. The molecule has 6 nitrogen and oxygen atoms in total. The Bertz CT molecular complexity index is 380. The van der Waals surface area contributed by atoms with Crippen molar-refractivity contribution in [2.75, 3.05) is 13.1 Å². The molecule has 21 heavy (non-hydrogen) atoms. The van der Waals surface area contributed by atoms with Gasteiger partial charge in [-0.05, 0) is 59.8 Å². The van der Waals surface area contributed by atoms with Gasteiger partial charge in [-0.3, -0.25) is 0 Å². The van der Waals surface area contributed by atoms with E-state index in [1.807, 2.05) is 34.6 Å². The summed E-state index contributed by atoms with van der Waals surface area (Å²) in [7, 11) is 0. The van der Waals surface area contributed by atoms with Crippen LogP contribution in [0.5, 0.6) is 0 Å². The molecule has 1 saturated heterocycles. The number of ether oxygens (including phenoxy) is 1. The Labute approximate surface area is 126 Å². The monoisotopic (exact) mass is 300 g/mol. The van der Waals surface area contributed by atoms with E-state index in [1.54, 1.807) is 0 Å². The first-order valence-electron chi connectivity index (χ1n) is 7.47. The molecular weight excluding hydrogens is 272 g/mol. The van der Waals surface area contributed by atoms with Crippen molar-refractivity contribution >= 4 is 12.2 Å². The first-order chi connectivity index (χ1) is 9.48. The molecule has 0 unspecified atom stereocenters. The topological polar surface area (TPSA) is 78.9 Å². The lowest BCUT2D eigenvalue weighted by atomic mass is 9.84. The highest BCUT2D eigenvalue weighted by Gasteiger charge is 2.30. The van der Waals surface area contributed by atoms with E-state index in [2.05, 4.69) is 5.32 Å². The number of piperidine rings is 1. The van der Waals surface area contributed by atoms with Gasteiger partial charge < -0.3 is 20.1 Å². The molecule has 6 heteroatoms. The zero-order chi connectivity index (χ0) is 16.3. The Balaban J connectivity index is 2.43. The third-order valence-corrected chi connectivity index (χ3v) is 3.52. The van der Waals surface area contributed by atoms with Gasteiger partial charge >= 0.3 is 12.2 Å². The third-order valence-electron chi connectivity index (χ3n) is 3.52. The van der Waals surface area contributed by atoms with Crippen molar-refractivity contribution in [2.45, 2.75) is 65.0 Å². The number of carbonyl (C=O) groups is 2. The number of carboxylic acid groups (broad SMARTS) is 1. The van der Waals surface area contributed by atoms with Gasteiger partial charge in [0.1, 0.15) is 5.60 Å². The van der Waals surface area contributed by atoms with Crippen LogP contribution in [0.2, 0.25) is 0 Å². The molecule has 122 valence electrons. The van der Waals surface area contributed by atoms with Crippen LogP contribution in [-0.4, -0.2) is 46.4 Å². The molecule has 0 aromatic carbocycles. The molecule has 1 rings (SSSR count). The molecule has 0 spiro atoms. The number of hydrogen-bond acceptors (Lipinski definition) is 3. The highest BCUT2D eigenvalue weighted by Crippen LogP contribution is 2.26. The van der Waals surface area contributed by atoms with Gasteiger partial charge in [0.05, 0.1) is 0 Å². The summed E-state index contributed by atoms with van der Waals surface area (Å²) in [5, 5.41) is 11.8. The summed E-state index contributed by atoms with van der Waals surface area (Å²) in [6, 6.07) is 0. The number of likely N-dealkylation sites (tertiary alicyclic amines) is 1. The number of alkyl carbamates (subject to hydrolysis) is 1. The Hall–Kier alpha value is -1.46. The van der Waals surface area contributed by atoms with Gasteiger partial charge in [0.25, 0.3) is 0 Å². The van der Waals surface area contributed by atoms with E-state index in [4.69, 9.17) is 9.84 Å². The first-order valence-corrected chi connectivity index (χ1v) is 7.47. The minimum atomic E-state index is -0.848. The fourth-order valence-electron chi connectivity index (χ4n) is 2.68. The van der Waals surface area contributed by atoms with Crippen LogP contribution >= 0.6 is 0 Å². The Morgan fingerprint density at radius 2 is 1.71 bits per heavy atom. The number of nitrogens with zero attached hydrogens (tertiary/aromatic N) is 1. The minimum absolute atomic E-state index is 0.363. The molecule has 2 amide bonds. The van der Waals surface area contributed by atoms with Crippen LogP contribution in [0, 0.1) is 5.92 Å². The van der Waals surface area contributed by atoms with E-state index < -0.39 is 17.8 Å². The van der Waals surface area contributed by atoms with Crippen molar-refractivity contribution < 1.29 is 19.4 Å². The van der Waals surface area contributed by atoms with Crippen molar-refractivity contribution in [1.29, 1.82) is 0 Å². The Kier molecular flexibility index (Phi) is 5.48. The summed E-state index contributed by atoms with van der Waals surface area (Å²) in [6.45, 7) is 10.6. The van der Waals surface area contributed by atoms with E-state index in [-0.39, 0.29) is 5.54 Å². The van der Waals surface area contributed by atoms with Gasteiger partial charge in [0.2, 0.25) is 0 Å². The van der Waals surface area contributed by atoms with Gasteiger partial charge in [0, 0.05) is 18.6 Å². The summed E-state index contributed by atoms with van der Waals surface area (Å²) in [6.07, 6.45) is 1.24. The minimum Gasteiger partial charge on any atom is -0.465 e. The molecule has 1 heterocycles. The predicted molar refractivity (Wildman–Crippen MR) is 80.4 cm³/mol. The van der Waals surface area contributed by atoms with Gasteiger partial charge in [-0.1, -0.05) is 0 Å². The second kappa shape index (κ2) is 6.54. The van der Waals surface area contributed by atoms with Gasteiger partial charge in [-0.15, -0.1) is 0 Å². The average Bonchev–Trinajstić information content (AvgIpc) is 2.24. The predicted octanol–water partition coefficient (Wildman–Crippen LogP) is 3.07. The Morgan fingerprint density at radius 3 is 2.14 bits per heavy atom. The highest BCUT2D eigenvalue weighted by atomic mass is 16.6. The van der Waals surface area contributed by atoms with Crippen LogP contribution in [0.25, 0.3) is 0 Å². The van der Waals surface area contributed by atoms with Crippen molar-refractivity contribution in [3.63, 3.8) is 0 Å². The summed E-state index contributed by atoms with van der Waals surface area (Å²) < 4.78 is 5.28. The molecule has 0 bridgehead atoms. The SMILES string of the molecule is CC(C)(CC1CCN(C(=O)O)CC1)NC(=O)OC(C)(C)C. The molecule has 1 aliphatic heterocycles. The Morgan fingerprint density at radius 1 is 1.19 bits per heavy atom. The van der Waals surface area contributed by atoms with Crippen LogP contribution < -0.4 is 5.32 Å². The molecular formula is C15H28N2O4. The van der Waals surface area contributed by atoms with Crippen LogP contribution in [0.3, 0.4) is 0 Å². The van der Waals surface area contributed by atoms with Crippen molar-refractivity contribution in [3.05, 3.63) is 0 Å². The van der Waals surface area contributed by atoms with E-state index in [0.29, 0.717) is 19.0 Å². The smallest absolute Gasteiger partial charge is 0.408 e. The van der Waals surface area contributed by atoms with E-state index in [1.165, 1.54) is 4.90 Å². The molecule has 0 aromatic rings. The normalized spacial score (nSPS) is 17.5. The molecule has 1 aliphatic rings. The molecule has 1 fully saturated rings. The fourth-order valence-corrected chi connectivity index (χ4v) is 2.68. The fraction of sp³-hybridized carbons (Fsp3) is 0.867. The second-order valence-corrected chi connectivity index (χ2v) is 7.43.